The first-order chi connectivity index (χ1) is 13.2. The van der Waals surface area contributed by atoms with Crippen LogP contribution >= 0.6 is 0 Å². The standard InChI is InChI=1S/C6H12OSe.2C4H10OSe.2C2H6OSe/c7-5-1-3-6(8)4-2-5;1-3(5)4(2)6;5-3-1-2-4-6;2*3-1-2-4/h5-8H,1-4H2;3-6H,1-2H3;5-6H,1-4H2;2*3-4H,1-2H2. The normalized spacial score (nSPS) is 19.7. The van der Waals surface area contributed by atoms with Crippen LogP contribution in [0, 0.1) is 0 Å². The Morgan fingerprint density at radius 1 is 0.786 bits per heavy atom. The van der Waals surface area contributed by atoms with E-state index in [9.17, 15) is 0 Å². The van der Waals surface area contributed by atoms with Gasteiger partial charge < -0.3 is 0 Å². The topological polar surface area (TPSA) is 101 Å². The second-order valence-corrected chi connectivity index (χ2v) is 12.0. The molecule has 28 heavy (non-hydrogen) atoms. The minimum absolute atomic E-state index is 0.00963. The molecule has 1 saturated carbocycles. The zero-order valence-corrected chi connectivity index (χ0v) is 26.6. The van der Waals surface area contributed by atoms with E-state index < -0.39 is 0 Å². The van der Waals surface area contributed by atoms with Crippen molar-refractivity contribution >= 4 is 80.1 Å². The van der Waals surface area contributed by atoms with Crippen molar-refractivity contribution in [3.63, 3.8) is 0 Å². The summed E-state index contributed by atoms with van der Waals surface area (Å²) in [5.74, 6) is 0. The molecule has 2 unspecified atom stereocenters. The van der Waals surface area contributed by atoms with Gasteiger partial charge in [-0.2, -0.15) is 0 Å². The molecule has 1 fully saturated rings. The summed E-state index contributed by atoms with van der Waals surface area (Å²) in [5.41, 5.74) is 0. The minimum atomic E-state index is -0.176. The fourth-order valence-corrected chi connectivity index (χ4v) is 2.38. The Bertz CT molecular complexity index is 216. The van der Waals surface area contributed by atoms with Crippen LogP contribution in [0.2, 0.25) is 25.6 Å². The predicted octanol–water partition coefficient (Wildman–Crippen LogP) is -0.639. The Labute approximate surface area is 214 Å². The molecule has 5 nitrogen and oxygen atoms in total. The maximum atomic E-state index is 9.02. The van der Waals surface area contributed by atoms with Crippen LogP contribution in [0.3, 0.4) is 0 Å². The number of aliphatic hydroxyl groups is 5. The fraction of sp³-hybridized carbons (Fsp3) is 1.00. The third kappa shape index (κ3) is 46.6. The summed E-state index contributed by atoms with van der Waals surface area (Å²) >= 11 is 12.1. The third-order valence-corrected chi connectivity index (χ3v) is 6.62. The van der Waals surface area contributed by atoms with Crippen LogP contribution in [0.4, 0.5) is 0 Å². The van der Waals surface area contributed by atoms with Crippen molar-refractivity contribution in [2.24, 2.45) is 0 Å². The van der Waals surface area contributed by atoms with Crippen LogP contribution in [0.25, 0.3) is 0 Å². The summed E-state index contributed by atoms with van der Waals surface area (Å²) in [4.78, 5) is 1.14. The molecule has 0 bridgehead atoms. The van der Waals surface area contributed by atoms with E-state index in [1.54, 1.807) is 6.92 Å². The van der Waals surface area contributed by atoms with Gasteiger partial charge in [0.2, 0.25) is 0 Å². The number of aliphatic hydroxyl groups excluding tert-OH is 5. The van der Waals surface area contributed by atoms with E-state index >= 15 is 0 Å². The molecule has 1 rings (SSSR count). The van der Waals surface area contributed by atoms with Gasteiger partial charge in [0.05, 0.1) is 0 Å². The molecule has 1 aliphatic rings. The molecule has 0 aliphatic heterocycles. The second-order valence-electron chi connectivity index (χ2n) is 5.99. The molecule has 176 valence electrons. The average Bonchev–Trinajstić information content (AvgIpc) is 2.69. The van der Waals surface area contributed by atoms with Crippen molar-refractivity contribution in [2.75, 3.05) is 19.8 Å². The quantitative estimate of drug-likeness (QED) is 0.185. The first-order valence-electron chi connectivity index (χ1n) is 9.55. The molecule has 10 heteroatoms. The van der Waals surface area contributed by atoms with Gasteiger partial charge >= 0.3 is 216 Å². The molecule has 0 aromatic heterocycles. The van der Waals surface area contributed by atoms with Gasteiger partial charge in [-0.15, -0.1) is 0 Å². The summed E-state index contributed by atoms with van der Waals surface area (Å²) in [6, 6.07) is 0. The Balaban J connectivity index is -0.000000133. The van der Waals surface area contributed by atoms with Crippen molar-refractivity contribution < 1.29 is 25.5 Å². The SMILES string of the molecule is CC(O)C(C)[SeH].OC1CCC([SeH])CC1.OCCCC[SeH].OCC[SeH].OCC[SeH]. The summed E-state index contributed by atoms with van der Waals surface area (Å²) < 4.78 is 0. The Kier molecular flexibility index (Phi) is 45.8. The van der Waals surface area contributed by atoms with Crippen LogP contribution in [-0.2, 0) is 0 Å². The molecule has 2 atom stereocenters. The van der Waals surface area contributed by atoms with Gasteiger partial charge in [0.25, 0.3) is 0 Å². The summed E-state index contributed by atoms with van der Waals surface area (Å²) in [7, 11) is 0. The van der Waals surface area contributed by atoms with Gasteiger partial charge in [0, 0.05) is 0 Å². The summed E-state index contributed by atoms with van der Waals surface area (Å²) in [5, 5.41) is 44.3. The Hall–Kier alpha value is 2.40. The van der Waals surface area contributed by atoms with E-state index in [2.05, 4.69) is 80.1 Å². The van der Waals surface area contributed by atoms with E-state index in [0.29, 0.717) is 24.6 Å². The van der Waals surface area contributed by atoms with E-state index in [0.717, 1.165) is 46.5 Å². The fourth-order valence-electron chi connectivity index (χ4n) is 1.28. The van der Waals surface area contributed by atoms with Crippen molar-refractivity contribution in [2.45, 2.75) is 90.2 Å². The van der Waals surface area contributed by atoms with E-state index in [1.807, 2.05) is 6.92 Å². The van der Waals surface area contributed by atoms with Crippen LogP contribution in [0.15, 0.2) is 0 Å². The van der Waals surface area contributed by atoms with Crippen molar-refractivity contribution in [1.29, 1.82) is 0 Å². The van der Waals surface area contributed by atoms with Gasteiger partial charge in [0.15, 0.2) is 0 Å². The number of hydrogen-bond donors (Lipinski definition) is 5. The van der Waals surface area contributed by atoms with Crippen LogP contribution in [0.1, 0.15) is 52.4 Å². The average molecular weight is 735 g/mol. The molecule has 1 aliphatic carbocycles. The van der Waals surface area contributed by atoms with Gasteiger partial charge in [-0.1, -0.05) is 0 Å². The van der Waals surface area contributed by atoms with Gasteiger partial charge in [-0.3, -0.25) is 0 Å². The van der Waals surface area contributed by atoms with E-state index in [-0.39, 0.29) is 12.2 Å². The molecule has 0 heterocycles. The monoisotopic (exact) mass is 740 g/mol. The molecule has 5 N–H and O–H groups in total. The van der Waals surface area contributed by atoms with Crippen LogP contribution < -0.4 is 0 Å². The summed E-state index contributed by atoms with van der Waals surface area (Å²) in [6.45, 7) is 4.67. The zero-order chi connectivity index (χ0) is 22.8. The molecule has 0 aromatic rings. The number of hydrogen-bond acceptors (Lipinski definition) is 5. The van der Waals surface area contributed by atoms with Crippen molar-refractivity contribution in [1.82, 2.24) is 0 Å². The predicted molar refractivity (Wildman–Crippen MR) is 130 cm³/mol. The Morgan fingerprint density at radius 2 is 1.14 bits per heavy atom. The molecular weight excluding hydrogens is 691 g/mol. The van der Waals surface area contributed by atoms with Gasteiger partial charge in [-0.05, 0) is 0 Å². The molecule has 0 saturated heterocycles. The van der Waals surface area contributed by atoms with Crippen molar-refractivity contribution in [3.8, 4) is 0 Å². The Morgan fingerprint density at radius 3 is 1.29 bits per heavy atom. The van der Waals surface area contributed by atoms with Gasteiger partial charge in [0.1, 0.15) is 0 Å². The third-order valence-electron chi connectivity index (χ3n) is 3.13. The van der Waals surface area contributed by atoms with E-state index in [1.165, 1.54) is 12.8 Å². The molecule has 0 aromatic carbocycles. The number of rotatable bonds is 6. The zero-order valence-electron chi connectivity index (χ0n) is 17.3. The second kappa shape index (κ2) is 34.0. The van der Waals surface area contributed by atoms with Gasteiger partial charge in [-0.25, -0.2) is 0 Å². The summed E-state index contributed by atoms with van der Waals surface area (Å²) in [6.07, 6.45) is 6.34. The first kappa shape index (κ1) is 37.7. The molecule has 0 spiro atoms. The molecule has 0 radical (unpaired) electrons. The molecule has 0 amide bonds. The van der Waals surface area contributed by atoms with Crippen molar-refractivity contribution in [3.05, 3.63) is 0 Å². The maximum absolute atomic E-state index is 9.02. The number of unbranched alkanes of at least 4 members (excludes halogenated alkanes) is 1. The van der Waals surface area contributed by atoms with Crippen LogP contribution in [-0.4, -0.2) is 138 Å². The van der Waals surface area contributed by atoms with E-state index in [4.69, 9.17) is 25.5 Å². The molecular formula is C18H44O5Se5. The van der Waals surface area contributed by atoms with Crippen LogP contribution in [0.5, 0.6) is 0 Å². The first-order valence-corrected chi connectivity index (χ1v) is 15.7.